The van der Waals surface area contributed by atoms with E-state index in [1.807, 2.05) is 48.5 Å². The van der Waals surface area contributed by atoms with E-state index in [1.165, 1.54) is 5.56 Å². The number of morpholine rings is 1. The zero-order valence-corrected chi connectivity index (χ0v) is 26.2. The Morgan fingerprint density at radius 3 is 2.19 bits per heavy atom. The highest BCUT2D eigenvalue weighted by atomic mass is 32.2. The standard InChI is InChI=1S/C34H40N4O3S2/c39-43(40,37-20-16-29(17-21-37)26-28-8-3-1-4-9-28)32-14-12-30(13-15-32)33-27-42-34(35-31-10-5-2-6-11-31)38(33)19-7-18-36-22-24-41-25-23-36/h1-6,8-15,27,29H,7,16-26H2. The molecule has 43 heavy (non-hydrogen) atoms. The number of rotatable bonds is 10. The predicted molar refractivity (Wildman–Crippen MR) is 173 cm³/mol. The van der Waals surface area contributed by atoms with Gasteiger partial charge in [0, 0.05) is 44.6 Å². The molecule has 2 fully saturated rings. The van der Waals surface area contributed by atoms with Crippen LogP contribution in [0.1, 0.15) is 24.8 Å². The van der Waals surface area contributed by atoms with Crippen molar-refractivity contribution in [3.05, 3.63) is 101 Å². The van der Waals surface area contributed by atoms with Crippen molar-refractivity contribution in [1.82, 2.24) is 13.8 Å². The molecule has 0 amide bonds. The molecular formula is C34H40N4O3S2. The molecule has 3 aromatic carbocycles. The van der Waals surface area contributed by atoms with Crippen LogP contribution in [0.25, 0.3) is 11.3 Å². The van der Waals surface area contributed by atoms with Crippen molar-refractivity contribution < 1.29 is 13.2 Å². The van der Waals surface area contributed by atoms with Gasteiger partial charge in [-0.2, -0.15) is 4.31 Å². The van der Waals surface area contributed by atoms with Gasteiger partial charge in [0.2, 0.25) is 10.0 Å². The van der Waals surface area contributed by atoms with Gasteiger partial charge >= 0.3 is 0 Å². The van der Waals surface area contributed by atoms with Crippen LogP contribution in [-0.4, -0.2) is 68.1 Å². The van der Waals surface area contributed by atoms with Gasteiger partial charge in [-0.3, -0.25) is 4.90 Å². The second kappa shape index (κ2) is 14.1. The summed E-state index contributed by atoms with van der Waals surface area (Å²) in [7, 11) is -3.53. The number of hydrogen-bond acceptors (Lipinski definition) is 6. The fourth-order valence-corrected chi connectivity index (χ4v) is 8.43. The highest BCUT2D eigenvalue weighted by molar-refractivity contribution is 7.89. The zero-order chi connectivity index (χ0) is 29.5. The largest absolute Gasteiger partial charge is 0.379 e. The number of nitrogens with zero attached hydrogens (tertiary/aromatic N) is 4. The van der Waals surface area contributed by atoms with Gasteiger partial charge < -0.3 is 9.30 Å². The molecule has 2 aliphatic heterocycles. The Hall–Kier alpha value is -3.08. The smallest absolute Gasteiger partial charge is 0.243 e. The SMILES string of the molecule is O=S(=O)(c1ccc(-c2csc(=Nc3ccccc3)n2CCCN2CCOCC2)cc1)N1CCC(Cc2ccccc2)CC1. The molecule has 0 bridgehead atoms. The minimum atomic E-state index is -3.53. The Balaban J connectivity index is 1.17. The van der Waals surface area contributed by atoms with Crippen molar-refractivity contribution in [3.63, 3.8) is 0 Å². The monoisotopic (exact) mass is 616 g/mol. The van der Waals surface area contributed by atoms with E-state index < -0.39 is 10.0 Å². The molecule has 0 atom stereocenters. The highest BCUT2D eigenvalue weighted by Gasteiger charge is 2.29. The summed E-state index contributed by atoms with van der Waals surface area (Å²) in [6.45, 7) is 6.53. The van der Waals surface area contributed by atoms with Gasteiger partial charge in [-0.15, -0.1) is 11.3 Å². The second-order valence-electron chi connectivity index (χ2n) is 11.4. The lowest BCUT2D eigenvalue weighted by atomic mass is 9.91. The number of aromatic nitrogens is 1. The molecule has 0 unspecified atom stereocenters. The lowest BCUT2D eigenvalue weighted by Gasteiger charge is -2.31. The van der Waals surface area contributed by atoms with Gasteiger partial charge in [-0.1, -0.05) is 60.7 Å². The van der Waals surface area contributed by atoms with Crippen molar-refractivity contribution >= 4 is 27.0 Å². The molecule has 2 aliphatic rings. The van der Waals surface area contributed by atoms with Gasteiger partial charge in [0.05, 0.1) is 29.5 Å². The molecule has 7 nitrogen and oxygen atoms in total. The van der Waals surface area contributed by atoms with Crippen molar-refractivity contribution in [2.75, 3.05) is 45.9 Å². The molecule has 1 aromatic heterocycles. The summed E-state index contributed by atoms with van der Waals surface area (Å²) in [5.74, 6) is 0.518. The molecule has 0 spiro atoms. The Morgan fingerprint density at radius 2 is 1.49 bits per heavy atom. The molecule has 226 valence electrons. The number of piperidine rings is 1. The number of para-hydroxylation sites is 1. The predicted octanol–water partition coefficient (Wildman–Crippen LogP) is 5.81. The second-order valence-corrected chi connectivity index (χ2v) is 14.1. The van der Waals surface area contributed by atoms with Crippen LogP contribution in [-0.2, 0) is 27.7 Å². The summed E-state index contributed by atoms with van der Waals surface area (Å²) < 4.78 is 36.6. The quantitative estimate of drug-likeness (QED) is 0.226. The summed E-state index contributed by atoms with van der Waals surface area (Å²) >= 11 is 1.62. The highest BCUT2D eigenvalue weighted by Crippen LogP contribution is 2.28. The summed E-state index contributed by atoms with van der Waals surface area (Å²) in [4.78, 5) is 8.71. The normalized spacial score (nSPS) is 17.8. The third-order valence-corrected chi connectivity index (χ3v) is 11.2. The van der Waals surface area contributed by atoms with Crippen LogP contribution in [0.3, 0.4) is 0 Å². The fourth-order valence-electron chi connectivity index (χ4n) is 6.00. The van der Waals surface area contributed by atoms with Gasteiger partial charge in [0.25, 0.3) is 0 Å². The van der Waals surface area contributed by atoms with Gasteiger partial charge in [0.15, 0.2) is 4.80 Å². The van der Waals surface area contributed by atoms with Crippen LogP contribution < -0.4 is 4.80 Å². The first kappa shape index (κ1) is 30.0. The third kappa shape index (κ3) is 7.53. The Labute approximate surface area is 259 Å². The van der Waals surface area contributed by atoms with Crippen LogP contribution in [0.5, 0.6) is 0 Å². The molecule has 2 saturated heterocycles. The van der Waals surface area contributed by atoms with E-state index in [0.29, 0.717) is 23.9 Å². The number of hydrogen-bond donors (Lipinski definition) is 0. The first-order chi connectivity index (χ1) is 21.1. The molecule has 0 N–H and O–H groups in total. The first-order valence-electron chi connectivity index (χ1n) is 15.3. The lowest BCUT2D eigenvalue weighted by Crippen LogP contribution is -2.38. The van der Waals surface area contributed by atoms with Crippen molar-refractivity contribution in [3.8, 4) is 11.3 Å². The fraction of sp³-hybridized carbons (Fsp3) is 0.382. The molecule has 0 radical (unpaired) electrons. The average Bonchev–Trinajstić information content (AvgIpc) is 3.45. The molecular weight excluding hydrogens is 577 g/mol. The lowest BCUT2D eigenvalue weighted by molar-refractivity contribution is 0.0369. The molecule has 0 aliphatic carbocycles. The number of benzene rings is 3. The van der Waals surface area contributed by atoms with Crippen molar-refractivity contribution in [2.45, 2.75) is 37.1 Å². The number of thiazole rings is 1. The number of ether oxygens (including phenoxy) is 1. The minimum absolute atomic E-state index is 0.362. The summed E-state index contributed by atoms with van der Waals surface area (Å²) in [6.07, 6.45) is 3.78. The van der Waals surface area contributed by atoms with E-state index in [0.717, 1.165) is 86.8 Å². The first-order valence-corrected chi connectivity index (χ1v) is 17.6. The van der Waals surface area contributed by atoms with Crippen LogP contribution in [0.15, 0.2) is 100 Å². The van der Waals surface area contributed by atoms with E-state index >= 15 is 0 Å². The van der Waals surface area contributed by atoms with Crippen LogP contribution in [0, 0.1) is 5.92 Å². The van der Waals surface area contributed by atoms with E-state index in [4.69, 9.17) is 9.73 Å². The molecule has 4 aromatic rings. The molecule has 0 saturated carbocycles. The number of sulfonamides is 1. The molecule has 6 rings (SSSR count). The maximum absolute atomic E-state index is 13.6. The average molecular weight is 617 g/mol. The zero-order valence-electron chi connectivity index (χ0n) is 24.6. The van der Waals surface area contributed by atoms with Crippen molar-refractivity contribution in [2.24, 2.45) is 10.9 Å². The third-order valence-electron chi connectivity index (χ3n) is 8.47. The van der Waals surface area contributed by atoms with E-state index in [2.05, 4.69) is 39.1 Å². The minimum Gasteiger partial charge on any atom is -0.379 e. The van der Waals surface area contributed by atoms with Gasteiger partial charge in [0.1, 0.15) is 0 Å². The van der Waals surface area contributed by atoms with E-state index in [1.54, 1.807) is 27.8 Å². The van der Waals surface area contributed by atoms with Crippen molar-refractivity contribution in [1.29, 1.82) is 0 Å². The molecule has 3 heterocycles. The van der Waals surface area contributed by atoms with E-state index in [9.17, 15) is 8.42 Å². The maximum Gasteiger partial charge on any atom is 0.243 e. The van der Waals surface area contributed by atoms with Gasteiger partial charge in [-0.25, -0.2) is 13.4 Å². The Kier molecular flexibility index (Phi) is 9.85. The van der Waals surface area contributed by atoms with Crippen LogP contribution in [0.4, 0.5) is 5.69 Å². The topological polar surface area (TPSA) is 67.1 Å². The van der Waals surface area contributed by atoms with Crippen LogP contribution >= 0.6 is 11.3 Å². The summed E-state index contributed by atoms with van der Waals surface area (Å²) in [5.41, 5.74) is 4.31. The van der Waals surface area contributed by atoms with E-state index in [-0.39, 0.29) is 0 Å². The van der Waals surface area contributed by atoms with Crippen LogP contribution in [0.2, 0.25) is 0 Å². The Bertz CT molecular complexity index is 1620. The van der Waals surface area contributed by atoms with Gasteiger partial charge in [-0.05, 0) is 67.0 Å². The molecule has 9 heteroatoms. The summed E-state index contributed by atoms with van der Waals surface area (Å²) in [6, 6.07) is 28.0. The Morgan fingerprint density at radius 1 is 0.814 bits per heavy atom. The maximum atomic E-state index is 13.6. The summed E-state index contributed by atoms with van der Waals surface area (Å²) in [5, 5.41) is 2.14.